The van der Waals surface area contributed by atoms with Crippen molar-refractivity contribution in [3.63, 3.8) is 0 Å². The van der Waals surface area contributed by atoms with Gasteiger partial charge < -0.3 is 15.4 Å². The molecule has 1 saturated heterocycles. The van der Waals surface area contributed by atoms with Crippen molar-refractivity contribution in [1.82, 2.24) is 30.0 Å². The topological polar surface area (TPSA) is 123 Å². The first-order valence-corrected chi connectivity index (χ1v) is 17.1. The minimum atomic E-state index is -0.262. The number of aromatic nitrogens is 5. The summed E-state index contributed by atoms with van der Waals surface area (Å²) >= 11 is 1.52. The third-order valence-corrected chi connectivity index (χ3v) is 10.8. The fraction of sp³-hybridized carbons (Fsp3) is 0.270. The van der Waals surface area contributed by atoms with Crippen LogP contribution in [0.5, 0.6) is 5.75 Å². The highest BCUT2D eigenvalue weighted by molar-refractivity contribution is 7.22. The van der Waals surface area contributed by atoms with Gasteiger partial charge in [-0.15, -0.1) is 11.3 Å². The van der Waals surface area contributed by atoms with Gasteiger partial charge in [-0.2, -0.15) is 5.10 Å². The number of aromatic amines is 1. The summed E-state index contributed by atoms with van der Waals surface area (Å²) in [4.78, 5) is 30.5. The van der Waals surface area contributed by atoms with Crippen LogP contribution in [-0.4, -0.2) is 49.6 Å². The maximum absolute atomic E-state index is 13.8. The number of benzene rings is 2. The van der Waals surface area contributed by atoms with Gasteiger partial charge >= 0.3 is 0 Å². The maximum Gasteiger partial charge on any atom is 0.257 e. The van der Waals surface area contributed by atoms with E-state index in [1.165, 1.54) is 60.2 Å². The fourth-order valence-corrected chi connectivity index (χ4v) is 8.47. The molecule has 2 aliphatic heterocycles. The molecule has 1 fully saturated rings. The van der Waals surface area contributed by atoms with Crippen LogP contribution in [0.15, 0.2) is 67.1 Å². The molecule has 4 aromatic heterocycles. The fourth-order valence-electron chi connectivity index (χ4n) is 7.36. The van der Waals surface area contributed by atoms with Gasteiger partial charge in [-0.25, -0.2) is 14.4 Å². The lowest BCUT2D eigenvalue weighted by atomic mass is 9.92. The largest absolute Gasteiger partial charge is 0.496 e. The Morgan fingerprint density at radius 2 is 1.92 bits per heavy atom. The standard InChI is InChI=1S/C27H22FN7OS.C10H12O/c28-16-6-3-14(4-7-16)5-8-17-20(26-31-13-32-34-26)21(19-12-15-9-10-30-25(29)24(15)37-19)22-23(33-17)18-2-1-11-35(18)27(22)36;1-11-10-7-3-5-8-4-2-6-9(8)10/h3-4,6-7,9-10,12-13,18H,1-2,5,8,11H2,(H2,29,30)(H,31,32,34);3,5,7H,2,4,6H2,1H3. The number of nitrogens with zero attached hydrogens (tertiary/aromatic N) is 5. The van der Waals surface area contributed by atoms with Crippen LogP contribution in [-0.2, 0) is 25.7 Å². The summed E-state index contributed by atoms with van der Waals surface area (Å²) in [6, 6.07) is 16.8. The van der Waals surface area contributed by atoms with Crippen LogP contribution in [0.1, 0.15) is 63.7 Å². The van der Waals surface area contributed by atoms with Crippen molar-refractivity contribution in [1.29, 1.82) is 0 Å². The summed E-state index contributed by atoms with van der Waals surface area (Å²) in [7, 11) is 1.74. The second-order valence-electron chi connectivity index (χ2n) is 12.4. The number of methoxy groups -OCH3 is 1. The van der Waals surface area contributed by atoms with Gasteiger partial charge in [-0.1, -0.05) is 24.3 Å². The Balaban J connectivity index is 0.000000259. The molecule has 1 amide bonds. The molecular weight excluding hydrogens is 626 g/mol. The average Bonchev–Trinajstić information content (AvgIpc) is 3.95. The van der Waals surface area contributed by atoms with Crippen LogP contribution in [0.25, 0.3) is 31.9 Å². The van der Waals surface area contributed by atoms with E-state index in [1.807, 2.05) is 17.0 Å². The number of carbonyl (C=O) groups is 1. The number of anilines is 1. The number of halogens is 1. The molecular formula is C37H34FN7O2S. The number of hydrogen-bond acceptors (Lipinski definition) is 8. The van der Waals surface area contributed by atoms with Gasteiger partial charge in [0.15, 0.2) is 5.82 Å². The smallest absolute Gasteiger partial charge is 0.257 e. The van der Waals surface area contributed by atoms with E-state index in [0.717, 1.165) is 68.2 Å². The quantitative estimate of drug-likeness (QED) is 0.195. The minimum absolute atomic E-state index is 0.00871. The highest BCUT2D eigenvalue weighted by Gasteiger charge is 2.44. The van der Waals surface area contributed by atoms with Gasteiger partial charge in [0.2, 0.25) is 0 Å². The monoisotopic (exact) mass is 659 g/mol. The maximum atomic E-state index is 13.8. The molecule has 0 spiro atoms. The van der Waals surface area contributed by atoms with Crippen LogP contribution in [0.3, 0.4) is 0 Å². The third kappa shape index (κ3) is 5.28. The average molecular weight is 660 g/mol. The number of nitrogen functional groups attached to an aromatic ring is 1. The molecule has 2 aromatic carbocycles. The highest BCUT2D eigenvalue weighted by Crippen LogP contribution is 2.49. The number of pyridine rings is 2. The van der Waals surface area contributed by atoms with E-state index in [-0.39, 0.29) is 17.8 Å². The number of amides is 1. The number of nitrogens with two attached hydrogens (primary N) is 1. The van der Waals surface area contributed by atoms with Gasteiger partial charge in [-0.3, -0.25) is 14.9 Å². The predicted molar refractivity (Wildman–Crippen MR) is 184 cm³/mol. The van der Waals surface area contributed by atoms with E-state index < -0.39 is 0 Å². The zero-order valence-corrected chi connectivity index (χ0v) is 27.3. The predicted octanol–water partition coefficient (Wildman–Crippen LogP) is 7.12. The molecule has 0 saturated carbocycles. The molecule has 48 heavy (non-hydrogen) atoms. The molecule has 6 aromatic rings. The lowest BCUT2D eigenvalue weighted by Crippen LogP contribution is -2.22. The zero-order valence-electron chi connectivity index (χ0n) is 26.5. The Bertz CT molecular complexity index is 2150. The van der Waals surface area contributed by atoms with Crippen LogP contribution in [0.2, 0.25) is 0 Å². The number of rotatable bonds is 6. The van der Waals surface area contributed by atoms with E-state index in [9.17, 15) is 9.18 Å². The molecule has 11 heteroatoms. The van der Waals surface area contributed by atoms with Crippen molar-refractivity contribution >= 4 is 33.1 Å². The number of hydrogen-bond donors (Lipinski definition) is 2. The SMILES string of the molecule is COc1cccc2c1CCC2.Nc1nccc2cc(-c3c4c(nc(CCc5ccc(F)cc5)c3-c3ncn[nH]3)C3CCCN3C4=O)sc12. The van der Waals surface area contributed by atoms with Crippen molar-refractivity contribution in [2.75, 3.05) is 19.4 Å². The summed E-state index contributed by atoms with van der Waals surface area (Å²) in [5, 5.41) is 8.08. The van der Waals surface area contributed by atoms with Crippen molar-refractivity contribution < 1.29 is 13.9 Å². The first kappa shape index (κ1) is 30.2. The van der Waals surface area contributed by atoms with Crippen LogP contribution in [0, 0.1) is 5.82 Å². The first-order chi connectivity index (χ1) is 23.5. The molecule has 242 valence electrons. The lowest BCUT2D eigenvalue weighted by molar-refractivity contribution is 0.0776. The molecule has 1 unspecified atom stereocenters. The molecule has 9 nitrogen and oxygen atoms in total. The lowest BCUT2D eigenvalue weighted by Gasteiger charge is -2.16. The number of ether oxygens (including phenoxy) is 1. The van der Waals surface area contributed by atoms with Crippen molar-refractivity contribution in [2.24, 2.45) is 0 Å². The number of nitrogens with one attached hydrogen (secondary N) is 1. The number of thiophene rings is 1. The van der Waals surface area contributed by atoms with Crippen LogP contribution < -0.4 is 10.5 Å². The number of H-pyrrole nitrogens is 1. The molecule has 9 rings (SSSR count). The Morgan fingerprint density at radius 1 is 1.04 bits per heavy atom. The Morgan fingerprint density at radius 3 is 2.71 bits per heavy atom. The van der Waals surface area contributed by atoms with Gasteiger partial charge in [0.1, 0.15) is 23.7 Å². The van der Waals surface area contributed by atoms with Crippen LogP contribution >= 0.6 is 11.3 Å². The first-order valence-electron chi connectivity index (χ1n) is 16.3. The third-order valence-electron chi connectivity index (χ3n) is 9.59. The van der Waals surface area contributed by atoms with Gasteiger partial charge in [0, 0.05) is 28.7 Å². The summed E-state index contributed by atoms with van der Waals surface area (Å²) < 4.78 is 19.6. The molecule has 0 radical (unpaired) electrons. The molecule has 3 aliphatic rings. The van der Waals surface area contributed by atoms with Crippen molar-refractivity contribution in [2.45, 2.75) is 51.0 Å². The summed E-state index contributed by atoms with van der Waals surface area (Å²) in [6.45, 7) is 0.727. The Kier molecular flexibility index (Phi) is 7.84. The highest BCUT2D eigenvalue weighted by atomic mass is 32.1. The zero-order chi connectivity index (χ0) is 32.8. The summed E-state index contributed by atoms with van der Waals surface area (Å²) in [5.74, 6) is 1.84. The Hall–Kier alpha value is -5.16. The summed E-state index contributed by atoms with van der Waals surface area (Å²) in [5.41, 5.74) is 14.0. The van der Waals surface area contributed by atoms with E-state index >= 15 is 0 Å². The van der Waals surface area contributed by atoms with Crippen LogP contribution in [0.4, 0.5) is 10.2 Å². The van der Waals surface area contributed by atoms with Gasteiger partial charge in [-0.05, 0) is 97.4 Å². The van der Waals surface area contributed by atoms with Gasteiger partial charge in [0.25, 0.3) is 5.91 Å². The van der Waals surface area contributed by atoms with Crippen molar-refractivity contribution in [3.05, 3.63) is 107 Å². The van der Waals surface area contributed by atoms with Gasteiger partial charge in [0.05, 0.1) is 34.8 Å². The summed E-state index contributed by atoms with van der Waals surface area (Å²) in [6.07, 6.45) is 9.98. The van der Waals surface area contributed by atoms with E-state index in [2.05, 4.69) is 38.4 Å². The van der Waals surface area contributed by atoms with E-state index in [1.54, 1.807) is 25.4 Å². The molecule has 3 N–H and O–H groups in total. The molecule has 0 bridgehead atoms. The molecule has 1 aliphatic carbocycles. The molecule has 6 heterocycles. The van der Waals surface area contributed by atoms with E-state index in [4.69, 9.17) is 15.5 Å². The minimum Gasteiger partial charge on any atom is -0.496 e. The number of carbonyl (C=O) groups excluding carboxylic acids is 1. The second kappa shape index (κ2) is 12.5. The molecule has 1 atom stereocenters. The second-order valence-corrected chi connectivity index (χ2v) is 13.4. The van der Waals surface area contributed by atoms with Crippen molar-refractivity contribution in [3.8, 4) is 27.6 Å². The number of fused-ring (bicyclic) bond motifs is 5. The van der Waals surface area contributed by atoms with E-state index in [0.29, 0.717) is 30.0 Å². The Labute approximate surface area is 281 Å². The normalized spacial score (nSPS) is 16.1. The number of aryl methyl sites for hydroxylation is 3.